The molecule has 0 aliphatic heterocycles. The zero-order valence-corrected chi connectivity index (χ0v) is 9.89. The van der Waals surface area contributed by atoms with Crippen LogP contribution < -0.4 is 5.43 Å². The zero-order chi connectivity index (χ0) is 13.3. The molecule has 0 unspecified atom stereocenters. The summed E-state index contributed by atoms with van der Waals surface area (Å²) in [6.45, 7) is 1.85. The van der Waals surface area contributed by atoms with E-state index in [-0.39, 0.29) is 29.0 Å². The Morgan fingerprint density at radius 3 is 2.94 bits per heavy atom. The van der Waals surface area contributed by atoms with Gasteiger partial charge in [-0.2, -0.15) is 5.26 Å². The van der Waals surface area contributed by atoms with Crippen LogP contribution in [0.5, 0.6) is 0 Å². The fraction of sp³-hybridized carbons (Fsp3) is 0.250. The van der Waals surface area contributed by atoms with Crippen molar-refractivity contribution in [1.29, 1.82) is 5.26 Å². The van der Waals surface area contributed by atoms with E-state index in [9.17, 15) is 9.59 Å². The molecule has 0 N–H and O–H groups in total. The largest absolute Gasteiger partial charge is 0.462 e. The third-order valence-electron chi connectivity index (χ3n) is 2.45. The van der Waals surface area contributed by atoms with E-state index in [4.69, 9.17) is 14.4 Å². The molecule has 2 aromatic rings. The molecule has 0 amide bonds. The van der Waals surface area contributed by atoms with E-state index in [1.165, 1.54) is 16.8 Å². The lowest BCUT2D eigenvalue weighted by atomic mass is 10.2. The summed E-state index contributed by atoms with van der Waals surface area (Å²) in [5.74, 6) is -0.654. The van der Waals surface area contributed by atoms with Crippen LogP contribution in [-0.4, -0.2) is 17.1 Å². The highest BCUT2D eigenvalue weighted by Gasteiger charge is 2.18. The normalized spacial score (nSPS) is 10.3. The number of aryl methyl sites for hydroxylation is 1. The minimum Gasteiger partial charge on any atom is -0.462 e. The van der Waals surface area contributed by atoms with Crippen LogP contribution in [0, 0.1) is 11.3 Å². The van der Waals surface area contributed by atoms with E-state index in [0.29, 0.717) is 0 Å². The molecule has 0 radical (unpaired) electrons. The van der Waals surface area contributed by atoms with E-state index in [0.717, 1.165) is 0 Å². The summed E-state index contributed by atoms with van der Waals surface area (Å²) in [4.78, 5) is 23.6. The van der Waals surface area contributed by atoms with E-state index < -0.39 is 11.4 Å². The average Bonchev–Trinajstić information content (AvgIpc) is 2.79. The molecule has 0 spiro atoms. The van der Waals surface area contributed by atoms with Crippen molar-refractivity contribution in [2.75, 3.05) is 6.61 Å². The monoisotopic (exact) mass is 246 g/mol. The minimum atomic E-state index is -0.681. The lowest BCUT2D eigenvalue weighted by molar-refractivity contribution is 0.0524. The molecule has 0 bridgehead atoms. The smallest absolute Gasteiger partial charge is 0.343 e. The molecule has 0 saturated carbocycles. The quantitative estimate of drug-likeness (QED) is 0.743. The fourth-order valence-corrected chi connectivity index (χ4v) is 1.67. The first-order chi connectivity index (χ1) is 8.58. The van der Waals surface area contributed by atoms with Crippen molar-refractivity contribution in [2.45, 2.75) is 6.92 Å². The van der Waals surface area contributed by atoms with Crippen LogP contribution in [0.4, 0.5) is 0 Å². The average molecular weight is 246 g/mol. The van der Waals surface area contributed by atoms with Gasteiger partial charge in [-0.1, -0.05) is 0 Å². The summed E-state index contributed by atoms with van der Waals surface area (Å²) in [7, 11) is 1.62. The van der Waals surface area contributed by atoms with Crippen LogP contribution in [0.25, 0.3) is 11.1 Å². The van der Waals surface area contributed by atoms with Gasteiger partial charge in [0, 0.05) is 19.3 Å². The van der Waals surface area contributed by atoms with Crippen LogP contribution in [0.2, 0.25) is 0 Å². The summed E-state index contributed by atoms with van der Waals surface area (Å²) >= 11 is 0. The first-order valence-electron chi connectivity index (χ1n) is 5.29. The fourth-order valence-electron chi connectivity index (χ4n) is 1.67. The summed E-state index contributed by atoms with van der Waals surface area (Å²) < 4.78 is 11.4. The number of furan rings is 1. The number of fused-ring (bicyclic) bond motifs is 1. The highest BCUT2D eigenvalue weighted by atomic mass is 16.5. The van der Waals surface area contributed by atoms with E-state index in [1.54, 1.807) is 14.0 Å². The second kappa shape index (κ2) is 4.37. The Balaban J connectivity index is 2.72. The highest BCUT2D eigenvalue weighted by Crippen LogP contribution is 2.16. The van der Waals surface area contributed by atoms with Gasteiger partial charge in [0.2, 0.25) is 16.9 Å². The number of carbonyl (C=O) groups is 1. The molecule has 6 nitrogen and oxygen atoms in total. The maximum absolute atomic E-state index is 12.0. The van der Waals surface area contributed by atoms with Crippen LogP contribution >= 0.6 is 0 Å². The molecule has 2 heterocycles. The van der Waals surface area contributed by atoms with Gasteiger partial charge < -0.3 is 13.7 Å². The number of nitriles is 1. The summed E-state index contributed by atoms with van der Waals surface area (Å²) in [5, 5.41) is 8.93. The number of hydrogen-bond acceptors (Lipinski definition) is 5. The van der Waals surface area contributed by atoms with E-state index in [1.807, 2.05) is 6.07 Å². The van der Waals surface area contributed by atoms with E-state index in [2.05, 4.69) is 0 Å². The van der Waals surface area contributed by atoms with Crippen molar-refractivity contribution in [2.24, 2.45) is 7.05 Å². The Hall–Kier alpha value is -2.55. The molecule has 0 aromatic carbocycles. The van der Waals surface area contributed by atoms with Gasteiger partial charge in [0.05, 0.1) is 12.0 Å². The molecule has 92 valence electrons. The zero-order valence-electron chi connectivity index (χ0n) is 9.89. The van der Waals surface area contributed by atoms with Crippen molar-refractivity contribution in [3.05, 3.63) is 33.8 Å². The predicted octanol–water partition coefficient (Wildman–Crippen LogP) is 1.18. The number of aromatic nitrogens is 1. The number of rotatable bonds is 2. The molecule has 18 heavy (non-hydrogen) atoms. The van der Waals surface area contributed by atoms with Gasteiger partial charge in [-0.3, -0.25) is 4.79 Å². The van der Waals surface area contributed by atoms with Gasteiger partial charge in [-0.25, -0.2) is 4.79 Å². The lowest BCUT2D eigenvalue weighted by Gasteiger charge is -2.04. The summed E-state index contributed by atoms with van der Waals surface area (Å²) in [5.41, 5.74) is -0.312. The van der Waals surface area contributed by atoms with Gasteiger partial charge in [0.15, 0.2) is 0 Å². The Kier molecular flexibility index (Phi) is 2.90. The first-order valence-corrected chi connectivity index (χ1v) is 5.29. The molecular formula is C12H10N2O4. The third-order valence-corrected chi connectivity index (χ3v) is 2.45. The van der Waals surface area contributed by atoms with Crippen molar-refractivity contribution < 1.29 is 13.9 Å². The molecule has 2 rings (SSSR count). The SMILES string of the molecule is CCOC(=O)c1cn(C)c2oc(C#N)cc2c1=O. The van der Waals surface area contributed by atoms with Gasteiger partial charge in [0.1, 0.15) is 11.6 Å². The van der Waals surface area contributed by atoms with Gasteiger partial charge in [-0.05, 0) is 6.92 Å². The Labute approximate surface area is 102 Å². The molecule has 0 aliphatic rings. The van der Waals surface area contributed by atoms with Crippen LogP contribution in [-0.2, 0) is 11.8 Å². The molecule has 0 aliphatic carbocycles. The van der Waals surface area contributed by atoms with E-state index >= 15 is 0 Å². The molecule has 6 heteroatoms. The van der Waals surface area contributed by atoms with Crippen LogP contribution in [0.1, 0.15) is 23.0 Å². The second-order valence-corrected chi connectivity index (χ2v) is 3.64. The summed E-state index contributed by atoms with van der Waals surface area (Å²) in [6.07, 6.45) is 1.34. The van der Waals surface area contributed by atoms with Crippen molar-refractivity contribution in [1.82, 2.24) is 4.57 Å². The molecule has 0 saturated heterocycles. The second-order valence-electron chi connectivity index (χ2n) is 3.64. The molecule has 0 fully saturated rings. The Morgan fingerprint density at radius 2 is 2.33 bits per heavy atom. The number of hydrogen-bond donors (Lipinski definition) is 0. The lowest BCUT2D eigenvalue weighted by Crippen LogP contribution is -2.19. The topological polar surface area (TPSA) is 85.2 Å². The predicted molar refractivity (Wildman–Crippen MR) is 62.1 cm³/mol. The number of pyridine rings is 1. The minimum absolute atomic E-state index is 0.0266. The number of carbonyl (C=O) groups excluding carboxylic acids is 1. The number of esters is 1. The first kappa shape index (κ1) is 11.9. The van der Waals surface area contributed by atoms with Gasteiger partial charge in [0.25, 0.3) is 0 Å². The third kappa shape index (κ3) is 1.76. The molecular weight excluding hydrogens is 236 g/mol. The van der Waals surface area contributed by atoms with Crippen molar-refractivity contribution in [3.63, 3.8) is 0 Å². The highest BCUT2D eigenvalue weighted by molar-refractivity contribution is 5.93. The van der Waals surface area contributed by atoms with Crippen LogP contribution in [0.15, 0.2) is 21.5 Å². The van der Waals surface area contributed by atoms with Crippen molar-refractivity contribution >= 4 is 17.1 Å². The maximum atomic E-state index is 12.0. The van der Waals surface area contributed by atoms with Crippen molar-refractivity contribution in [3.8, 4) is 6.07 Å². The summed E-state index contributed by atoms with van der Waals surface area (Å²) in [6, 6.07) is 3.13. The van der Waals surface area contributed by atoms with Gasteiger partial charge in [-0.15, -0.1) is 0 Å². The number of ether oxygens (including phenoxy) is 1. The standard InChI is InChI=1S/C12H10N2O4/c1-3-17-12(16)9-6-14(2)11-8(10(9)15)4-7(5-13)18-11/h4,6H,3H2,1-2H3. The van der Waals surface area contributed by atoms with Gasteiger partial charge >= 0.3 is 5.97 Å². The Bertz CT molecular complexity index is 718. The molecule has 2 aromatic heterocycles. The maximum Gasteiger partial charge on any atom is 0.343 e. The Morgan fingerprint density at radius 1 is 1.61 bits per heavy atom. The molecule has 0 atom stereocenters. The van der Waals surface area contributed by atoms with Crippen LogP contribution in [0.3, 0.4) is 0 Å². The number of nitrogens with zero attached hydrogens (tertiary/aromatic N) is 2.